The topological polar surface area (TPSA) is 162 Å². The van der Waals surface area contributed by atoms with E-state index >= 15 is 0 Å². The molecule has 0 aliphatic heterocycles. The largest absolute Gasteiger partial charge is 0.469 e. The minimum absolute atomic E-state index is 0.0528. The van der Waals surface area contributed by atoms with Crippen LogP contribution in [0.15, 0.2) is 11.6 Å². The molecule has 308 valence electrons. The van der Waals surface area contributed by atoms with Gasteiger partial charge in [0.2, 0.25) is 0 Å². The summed E-state index contributed by atoms with van der Waals surface area (Å²) in [6.45, 7) is 15.0. The van der Waals surface area contributed by atoms with Gasteiger partial charge in [-0.25, -0.2) is 9.36 Å². The predicted molar refractivity (Wildman–Crippen MR) is 203 cm³/mol. The van der Waals surface area contributed by atoms with Crippen LogP contribution in [0.4, 0.5) is 4.79 Å². The molecule has 0 radical (unpaired) electrons. The molecule has 13 heteroatoms. The van der Waals surface area contributed by atoms with E-state index in [4.69, 9.17) is 33.5 Å². The number of fused-ring (bicyclic) bond motifs is 5. The van der Waals surface area contributed by atoms with Crippen molar-refractivity contribution < 1.29 is 52.5 Å². The number of amides is 1. The Morgan fingerprint density at radius 2 is 1.55 bits per heavy atom. The SMILES string of the molecule is CC(C)CCC[C@H](C)C1CCC2C3CC=C4C[C@H](OC(=O)NCCCOCCOCCOCCOCC(O)COP(=O)(O)O)CC[C@@]4(C)C3CC[C@]21C. The molecule has 0 bridgehead atoms. The van der Waals surface area contributed by atoms with Crippen molar-refractivity contribution >= 4 is 13.9 Å². The maximum atomic E-state index is 12.7. The van der Waals surface area contributed by atoms with E-state index in [1.807, 2.05) is 0 Å². The first kappa shape index (κ1) is 44.6. The molecule has 0 spiro atoms. The molecule has 4 aliphatic rings. The summed E-state index contributed by atoms with van der Waals surface area (Å²) in [6, 6.07) is 0. The molecule has 3 fully saturated rings. The van der Waals surface area contributed by atoms with Gasteiger partial charge in [-0.05, 0) is 97.7 Å². The second-order valence-corrected chi connectivity index (χ2v) is 18.4. The number of allylic oxidation sites excluding steroid dienone is 1. The minimum Gasteiger partial charge on any atom is -0.446 e. The maximum Gasteiger partial charge on any atom is 0.469 e. The lowest BCUT2D eigenvalue weighted by Gasteiger charge is -2.58. The van der Waals surface area contributed by atoms with E-state index in [-0.39, 0.29) is 30.8 Å². The van der Waals surface area contributed by atoms with Crippen LogP contribution in [-0.4, -0.2) is 99.2 Å². The standard InChI is InChI=1S/C40H72NO11P/c1-29(2)8-6-9-30(3)35-12-13-36-34-11-10-31-26-33(14-16-39(31,4)37(34)15-17-40(35,36)5)52-38(43)41-18-7-19-47-20-21-48-22-23-49-24-25-50-27-32(42)28-51-53(44,45)46/h10,29-30,32-37,42H,6-9,11-28H2,1-5H3,(H,41,43)(H2,44,45,46)/t30-,32?,33+,34?,35?,36?,37?,39+,40-/m0/s1. The zero-order valence-corrected chi connectivity index (χ0v) is 34.2. The van der Waals surface area contributed by atoms with Crippen LogP contribution in [0.1, 0.15) is 112 Å². The average molecular weight is 774 g/mol. The molecular weight excluding hydrogens is 701 g/mol. The molecule has 4 aliphatic carbocycles. The number of aliphatic hydroxyl groups is 1. The van der Waals surface area contributed by atoms with E-state index in [0.29, 0.717) is 58.0 Å². The van der Waals surface area contributed by atoms with E-state index in [9.17, 15) is 14.5 Å². The number of hydrogen-bond acceptors (Lipinski definition) is 9. The highest BCUT2D eigenvalue weighted by molar-refractivity contribution is 7.46. The molecule has 1 amide bonds. The first-order chi connectivity index (χ1) is 25.2. The van der Waals surface area contributed by atoms with Gasteiger partial charge < -0.3 is 43.9 Å². The minimum atomic E-state index is -4.60. The number of carbonyl (C=O) groups excluding carboxylic acids is 1. The normalized spacial score (nSPS) is 31.0. The molecule has 3 saturated carbocycles. The fourth-order valence-electron chi connectivity index (χ4n) is 10.4. The molecule has 4 N–H and O–H groups in total. The summed E-state index contributed by atoms with van der Waals surface area (Å²) in [5.74, 6) is 4.94. The Morgan fingerprint density at radius 1 is 0.868 bits per heavy atom. The summed E-state index contributed by atoms with van der Waals surface area (Å²) in [4.78, 5) is 29.9. The number of carbonyl (C=O) groups is 1. The first-order valence-electron chi connectivity index (χ1n) is 20.6. The Balaban J connectivity index is 1.02. The van der Waals surface area contributed by atoms with Crippen LogP contribution < -0.4 is 5.32 Å². The zero-order chi connectivity index (χ0) is 38.5. The van der Waals surface area contributed by atoms with E-state index in [0.717, 1.165) is 54.8 Å². The molecular formula is C40H72NO11P. The van der Waals surface area contributed by atoms with Crippen LogP contribution in [-0.2, 0) is 32.8 Å². The lowest BCUT2D eigenvalue weighted by molar-refractivity contribution is -0.0581. The van der Waals surface area contributed by atoms with Crippen molar-refractivity contribution in [3.63, 3.8) is 0 Å². The zero-order valence-electron chi connectivity index (χ0n) is 33.3. The second kappa shape index (κ2) is 21.4. The van der Waals surface area contributed by atoms with Gasteiger partial charge >= 0.3 is 13.9 Å². The van der Waals surface area contributed by atoms with Crippen molar-refractivity contribution in [3.8, 4) is 0 Å². The third-order valence-electron chi connectivity index (χ3n) is 13.1. The van der Waals surface area contributed by atoms with Crippen LogP contribution >= 0.6 is 7.82 Å². The van der Waals surface area contributed by atoms with Gasteiger partial charge in [-0.3, -0.25) is 4.52 Å². The van der Waals surface area contributed by atoms with Crippen LogP contribution in [0.25, 0.3) is 0 Å². The Morgan fingerprint density at radius 3 is 2.23 bits per heavy atom. The lowest BCUT2D eigenvalue weighted by Crippen LogP contribution is -2.51. The summed E-state index contributed by atoms with van der Waals surface area (Å²) >= 11 is 0. The van der Waals surface area contributed by atoms with Gasteiger partial charge in [0.1, 0.15) is 12.2 Å². The van der Waals surface area contributed by atoms with Gasteiger partial charge in [0.25, 0.3) is 0 Å². The van der Waals surface area contributed by atoms with Crippen LogP contribution in [0, 0.1) is 46.3 Å². The summed E-state index contributed by atoms with van der Waals surface area (Å²) in [6.07, 6.45) is 15.6. The summed E-state index contributed by atoms with van der Waals surface area (Å²) < 4.78 is 42.4. The number of phosphoric ester groups is 1. The van der Waals surface area contributed by atoms with Gasteiger partial charge in [-0.15, -0.1) is 0 Å². The highest BCUT2D eigenvalue weighted by Gasteiger charge is 2.59. The molecule has 0 aromatic heterocycles. The third kappa shape index (κ3) is 13.5. The molecule has 5 unspecified atom stereocenters. The summed E-state index contributed by atoms with van der Waals surface area (Å²) in [5, 5.41) is 12.4. The van der Waals surface area contributed by atoms with Crippen molar-refractivity contribution in [2.75, 3.05) is 66.0 Å². The molecule has 0 heterocycles. The fraction of sp³-hybridized carbons (Fsp3) is 0.925. The van der Waals surface area contributed by atoms with E-state index in [1.54, 1.807) is 5.57 Å². The maximum absolute atomic E-state index is 12.7. The number of nitrogens with one attached hydrogen (secondary N) is 1. The molecule has 12 nitrogen and oxygen atoms in total. The number of hydrogen-bond donors (Lipinski definition) is 4. The average Bonchev–Trinajstić information content (AvgIpc) is 3.46. The quantitative estimate of drug-likeness (QED) is 0.0452. The Bertz CT molecular complexity index is 1180. The molecule has 53 heavy (non-hydrogen) atoms. The van der Waals surface area contributed by atoms with Crippen LogP contribution in [0.2, 0.25) is 0 Å². The van der Waals surface area contributed by atoms with Crippen LogP contribution in [0.5, 0.6) is 0 Å². The molecule has 0 aromatic rings. The van der Waals surface area contributed by atoms with Crippen molar-refractivity contribution in [2.45, 2.75) is 124 Å². The van der Waals surface area contributed by atoms with Gasteiger partial charge in [-0.1, -0.05) is 65.5 Å². The summed E-state index contributed by atoms with van der Waals surface area (Å²) in [5.41, 5.74) is 2.29. The third-order valence-corrected chi connectivity index (χ3v) is 13.6. The number of ether oxygens (including phenoxy) is 5. The van der Waals surface area contributed by atoms with Gasteiger partial charge in [-0.2, -0.15) is 0 Å². The van der Waals surface area contributed by atoms with E-state index in [1.165, 1.54) is 51.4 Å². The Labute approximate surface area is 319 Å². The van der Waals surface area contributed by atoms with E-state index < -0.39 is 20.5 Å². The molecule has 4 rings (SSSR count). The predicted octanol–water partition coefficient (Wildman–Crippen LogP) is 7.05. The Kier molecular flexibility index (Phi) is 18.1. The first-order valence-corrected chi connectivity index (χ1v) is 22.1. The van der Waals surface area contributed by atoms with Crippen molar-refractivity contribution in [3.05, 3.63) is 11.6 Å². The van der Waals surface area contributed by atoms with Crippen LogP contribution in [0.3, 0.4) is 0 Å². The molecule has 0 aromatic carbocycles. The summed E-state index contributed by atoms with van der Waals surface area (Å²) in [7, 11) is -4.60. The number of phosphoric acid groups is 1. The second-order valence-electron chi connectivity index (χ2n) is 17.2. The Hall–Kier alpha value is -1.08. The highest BCUT2D eigenvalue weighted by atomic mass is 31.2. The van der Waals surface area contributed by atoms with Gasteiger partial charge in [0.05, 0.1) is 52.9 Å². The van der Waals surface area contributed by atoms with Gasteiger partial charge in [0.15, 0.2) is 0 Å². The molecule has 0 saturated heterocycles. The van der Waals surface area contributed by atoms with E-state index in [2.05, 4.69) is 50.5 Å². The smallest absolute Gasteiger partial charge is 0.446 e. The van der Waals surface area contributed by atoms with Gasteiger partial charge in [0, 0.05) is 19.6 Å². The number of alkyl carbamates (subject to hydrolysis) is 1. The number of rotatable bonds is 24. The fourth-order valence-corrected chi connectivity index (χ4v) is 10.8. The monoisotopic (exact) mass is 773 g/mol. The number of aliphatic hydroxyl groups excluding tert-OH is 1. The van der Waals surface area contributed by atoms with Crippen molar-refractivity contribution in [1.29, 1.82) is 0 Å². The van der Waals surface area contributed by atoms with Crippen molar-refractivity contribution in [1.82, 2.24) is 5.32 Å². The van der Waals surface area contributed by atoms with Crippen molar-refractivity contribution in [2.24, 2.45) is 46.3 Å². The lowest BCUT2D eigenvalue weighted by atomic mass is 9.47. The molecule has 9 atom stereocenters. The highest BCUT2D eigenvalue weighted by Crippen LogP contribution is 2.67.